The number of halogens is 2. The summed E-state index contributed by atoms with van der Waals surface area (Å²) in [6.45, 7) is 5.70. The Morgan fingerprint density at radius 2 is 1.86 bits per heavy atom. The van der Waals surface area contributed by atoms with Crippen molar-refractivity contribution in [2.75, 3.05) is 0 Å². The fraction of sp³-hybridized carbons (Fsp3) is 0.300. The predicted octanol–water partition coefficient (Wildman–Crippen LogP) is 6.05. The minimum atomic E-state index is -1.06. The SMILES string of the molecule is CCC(O/N=C/c1cc(Br)c(Oc2ccc(O)c(C(C)C)c2)c(Br)c1)C(=O)O. The number of nitrogens with zero attached hydrogens (tertiary/aromatic N) is 1. The van der Waals surface area contributed by atoms with Gasteiger partial charge in [0, 0.05) is 5.56 Å². The van der Waals surface area contributed by atoms with Crippen LogP contribution in [0.1, 0.15) is 44.2 Å². The second-order valence-corrected chi connectivity index (χ2v) is 8.07. The highest BCUT2D eigenvalue weighted by molar-refractivity contribution is 9.11. The Balaban J connectivity index is 2.20. The molecule has 0 amide bonds. The van der Waals surface area contributed by atoms with Gasteiger partial charge >= 0.3 is 5.97 Å². The van der Waals surface area contributed by atoms with Crippen molar-refractivity contribution in [2.45, 2.75) is 39.2 Å². The molecule has 6 nitrogen and oxygen atoms in total. The number of carboxylic acids is 1. The molecule has 0 spiro atoms. The smallest absolute Gasteiger partial charge is 0.347 e. The lowest BCUT2D eigenvalue weighted by Gasteiger charge is -2.14. The number of carbonyl (C=O) groups is 1. The van der Waals surface area contributed by atoms with Gasteiger partial charge in [-0.05, 0) is 80.1 Å². The molecule has 28 heavy (non-hydrogen) atoms. The van der Waals surface area contributed by atoms with Gasteiger partial charge in [-0.1, -0.05) is 25.9 Å². The zero-order chi connectivity index (χ0) is 20.8. The Labute approximate surface area is 180 Å². The van der Waals surface area contributed by atoms with Crippen LogP contribution < -0.4 is 4.74 Å². The first kappa shape index (κ1) is 22.2. The Morgan fingerprint density at radius 1 is 1.21 bits per heavy atom. The molecular weight excluding hydrogens is 494 g/mol. The standard InChI is InChI=1S/C20H21Br2NO5/c1-4-18(20(25)26)28-23-10-12-7-15(21)19(16(22)8-12)27-13-5-6-17(24)14(9-13)11(2)3/h5-11,18,24H,4H2,1-3H3,(H,25,26)/b23-10+. The molecular formula is C20H21Br2NO5. The number of phenolic OH excluding ortho intramolecular Hbond substituents is 1. The molecule has 2 aromatic rings. The maximum atomic E-state index is 10.9. The highest BCUT2D eigenvalue weighted by Gasteiger charge is 2.16. The number of hydrogen-bond donors (Lipinski definition) is 2. The van der Waals surface area contributed by atoms with Crippen molar-refractivity contribution >= 4 is 44.0 Å². The summed E-state index contributed by atoms with van der Waals surface area (Å²) in [7, 11) is 0. The summed E-state index contributed by atoms with van der Waals surface area (Å²) in [4.78, 5) is 15.9. The van der Waals surface area contributed by atoms with E-state index in [1.165, 1.54) is 6.21 Å². The first-order valence-electron chi connectivity index (χ1n) is 8.64. The molecule has 8 heteroatoms. The molecule has 0 heterocycles. The lowest BCUT2D eigenvalue weighted by atomic mass is 10.0. The molecule has 1 atom stereocenters. The van der Waals surface area contributed by atoms with Crippen molar-refractivity contribution < 1.29 is 24.6 Å². The molecule has 0 saturated heterocycles. The van der Waals surface area contributed by atoms with Crippen LogP contribution in [0.15, 0.2) is 44.4 Å². The normalized spacial score (nSPS) is 12.4. The fourth-order valence-corrected chi connectivity index (χ4v) is 3.77. The molecule has 0 fully saturated rings. The van der Waals surface area contributed by atoms with Gasteiger partial charge in [-0.3, -0.25) is 0 Å². The van der Waals surface area contributed by atoms with E-state index in [0.29, 0.717) is 32.4 Å². The van der Waals surface area contributed by atoms with Crippen LogP contribution in [0.4, 0.5) is 0 Å². The molecule has 0 aromatic heterocycles. The summed E-state index contributed by atoms with van der Waals surface area (Å²) < 4.78 is 7.32. The minimum absolute atomic E-state index is 0.159. The van der Waals surface area contributed by atoms with Crippen molar-refractivity contribution in [3.8, 4) is 17.2 Å². The Bertz CT molecular complexity index is 860. The number of ether oxygens (including phenoxy) is 1. The van der Waals surface area contributed by atoms with E-state index < -0.39 is 12.1 Å². The van der Waals surface area contributed by atoms with Crippen LogP contribution in [0, 0.1) is 0 Å². The average molecular weight is 515 g/mol. The van der Waals surface area contributed by atoms with Crippen LogP contribution >= 0.6 is 31.9 Å². The molecule has 0 saturated carbocycles. The number of aromatic hydroxyl groups is 1. The summed E-state index contributed by atoms with van der Waals surface area (Å²) in [5.41, 5.74) is 1.49. The number of benzene rings is 2. The fourth-order valence-electron chi connectivity index (χ4n) is 2.39. The number of carboxylic acid groups (broad SMARTS) is 1. The number of rotatable bonds is 8. The lowest BCUT2D eigenvalue weighted by Crippen LogP contribution is -2.20. The molecule has 0 aliphatic heterocycles. The van der Waals surface area contributed by atoms with E-state index in [9.17, 15) is 9.90 Å². The van der Waals surface area contributed by atoms with Crippen LogP contribution in [0.3, 0.4) is 0 Å². The van der Waals surface area contributed by atoms with Gasteiger partial charge in [-0.25, -0.2) is 4.79 Å². The van der Waals surface area contributed by atoms with Crippen molar-refractivity contribution in [2.24, 2.45) is 5.16 Å². The Morgan fingerprint density at radius 3 is 2.39 bits per heavy atom. The monoisotopic (exact) mass is 513 g/mol. The molecule has 2 N–H and O–H groups in total. The first-order chi connectivity index (χ1) is 13.2. The summed E-state index contributed by atoms with van der Waals surface area (Å²) in [6.07, 6.45) is 0.774. The van der Waals surface area contributed by atoms with E-state index >= 15 is 0 Å². The van der Waals surface area contributed by atoms with Gasteiger partial charge in [-0.2, -0.15) is 0 Å². The van der Waals surface area contributed by atoms with Crippen molar-refractivity contribution in [1.29, 1.82) is 0 Å². The third-order valence-electron chi connectivity index (χ3n) is 3.90. The van der Waals surface area contributed by atoms with Gasteiger partial charge < -0.3 is 19.8 Å². The van der Waals surface area contributed by atoms with Crippen LogP contribution in [-0.4, -0.2) is 28.5 Å². The van der Waals surface area contributed by atoms with E-state index in [0.717, 1.165) is 5.56 Å². The van der Waals surface area contributed by atoms with Crippen molar-refractivity contribution in [1.82, 2.24) is 0 Å². The summed E-state index contributed by atoms with van der Waals surface area (Å²) >= 11 is 6.95. The van der Waals surface area contributed by atoms with Gasteiger partial charge in [0.15, 0.2) is 5.75 Å². The van der Waals surface area contributed by atoms with E-state index in [-0.39, 0.29) is 11.7 Å². The highest BCUT2D eigenvalue weighted by Crippen LogP contribution is 2.39. The van der Waals surface area contributed by atoms with E-state index in [1.807, 2.05) is 13.8 Å². The maximum absolute atomic E-state index is 10.9. The van der Waals surface area contributed by atoms with E-state index in [2.05, 4.69) is 37.0 Å². The van der Waals surface area contributed by atoms with Crippen molar-refractivity contribution in [3.05, 3.63) is 50.4 Å². The molecule has 2 aromatic carbocycles. The van der Waals surface area contributed by atoms with Crippen LogP contribution in [0.5, 0.6) is 17.2 Å². The minimum Gasteiger partial charge on any atom is -0.508 e. The molecule has 0 radical (unpaired) electrons. The second kappa shape index (κ2) is 9.93. The van der Waals surface area contributed by atoms with Crippen LogP contribution in [0.25, 0.3) is 0 Å². The highest BCUT2D eigenvalue weighted by atomic mass is 79.9. The van der Waals surface area contributed by atoms with Gasteiger partial charge in [0.1, 0.15) is 11.5 Å². The van der Waals surface area contributed by atoms with E-state index in [1.54, 1.807) is 37.3 Å². The number of hydrogen-bond acceptors (Lipinski definition) is 5. The summed E-state index contributed by atoms with van der Waals surface area (Å²) in [5.74, 6) is 0.501. The molecule has 0 aliphatic rings. The number of oxime groups is 1. The van der Waals surface area contributed by atoms with E-state index in [4.69, 9.17) is 14.7 Å². The molecule has 0 bridgehead atoms. The van der Waals surface area contributed by atoms with Gasteiger partial charge in [-0.15, -0.1) is 0 Å². The quantitative estimate of drug-likeness (QED) is 0.331. The Kier molecular flexibility index (Phi) is 7.88. The Hall–Kier alpha value is -2.06. The van der Waals surface area contributed by atoms with Crippen LogP contribution in [0.2, 0.25) is 0 Å². The van der Waals surface area contributed by atoms with Gasteiger partial charge in [0.2, 0.25) is 6.10 Å². The first-order valence-corrected chi connectivity index (χ1v) is 10.2. The van der Waals surface area contributed by atoms with Crippen LogP contribution in [-0.2, 0) is 9.63 Å². The summed E-state index contributed by atoms with van der Waals surface area (Å²) in [6, 6.07) is 8.66. The zero-order valence-electron chi connectivity index (χ0n) is 15.6. The van der Waals surface area contributed by atoms with Gasteiger partial charge in [0.05, 0.1) is 15.2 Å². The second-order valence-electron chi connectivity index (χ2n) is 6.37. The molecule has 1 unspecified atom stereocenters. The zero-order valence-corrected chi connectivity index (χ0v) is 18.8. The maximum Gasteiger partial charge on any atom is 0.347 e. The van der Waals surface area contributed by atoms with Crippen molar-refractivity contribution in [3.63, 3.8) is 0 Å². The molecule has 2 rings (SSSR count). The molecule has 0 aliphatic carbocycles. The number of aliphatic carboxylic acids is 1. The summed E-state index contributed by atoms with van der Waals surface area (Å²) in [5, 5.41) is 22.7. The molecule has 150 valence electrons. The average Bonchev–Trinajstić information content (AvgIpc) is 2.62. The number of phenols is 1. The third-order valence-corrected chi connectivity index (χ3v) is 5.08. The lowest BCUT2D eigenvalue weighted by molar-refractivity contribution is -0.150. The third kappa shape index (κ3) is 5.72. The predicted molar refractivity (Wildman–Crippen MR) is 115 cm³/mol. The largest absolute Gasteiger partial charge is 0.508 e. The van der Waals surface area contributed by atoms with Gasteiger partial charge in [0.25, 0.3) is 0 Å². The topological polar surface area (TPSA) is 88.4 Å².